The number of nitrogens with one attached hydrogen (secondary N) is 1. The Bertz CT molecular complexity index is 928. The van der Waals surface area contributed by atoms with E-state index in [1.54, 1.807) is 0 Å². The Hall–Kier alpha value is -3.11. The average molecular weight is 386 g/mol. The minimum atomic E-state index is -0.0401. The zero-order chi connectivity index (χ0) is 19.9. The third-order valence-corrected chi connectivity index (χ3v) is 5.20. The highest BCUT2D eigenvalue weighted by Crippen LogP contribution is 2.17. The second-order valence-corrected chi connectivity index (χ2v) is 7.48. The lowest BCUT2D eigenvalue weighted by molar-refractivity contribution is 0.0937. The molecule has 3 aromatic rings. The first-order chi connectivity index (χ1) is 14.3. The average Bonchev–Trinajstić information content (AvgIpc) is 3.20. The molecule has 0 saturated carbocycles. The Morgan fingerprint density at radius 3 is 2.41 bits per heavy atom. The molecule has 1 unspecified atom stereocenters. The maximum atomic E-state index is 12.7. The van der Waals surface area contributed by atoms with Crippen LogP contribution in [0, 0.1) is 0 Å². The highest BCUT2D eigenvalue weighted by molar-refractivity contribution is 5.94. The normalized spacial score (nSPS) is 16.5. The molecule has 4 heteroatoms. The van der Waals surface area contributed by atoms with Gasteiger partial charge in [0.05, 0.1) is 0 Å². The molecule has 0 aliphatic carbocycles. The van der Waals surface area contributed by atoms with Crippen molar-refractivity contribution in [1.29, 1.82) is 0 Å². The molecular formula is C25H26N2O2. The summed E-state index contributed by atoms with van der Waals surface area (Å²) in [6.07, 6.45) is 0.975. The van der Waals surface area contributed by atoms with Gasteiger partial charge in [0.1, 0.15) is 12.4 Å². The lowest BCUT2D eigenvalue weighted by atomic mass is 10.1. The van der Waals surface area contributed by atoms with Crippen LogP contribution in [0.15, 0.2) is 84.9 Å². The summed E-state index contributed by atoms with van der Waals surface area (Å²) in [5, 5.41) is 3.18. The topological polar surface area (TPSA) is 41.6 Å². The van der Waals surface area contributed by atoms with E-state index in [0.717, 1.165) is 31.6 Å². The van der Waals surface area contributed by atoms with Crippen LogP contribution in [0.1, 0.15) is 27.9 Å². The molecule has 0 aromatic heterocycles. The summed E-state index contributed by atoms with van der Waals surface area (Å²) in [6.45, 7) is 3.30. The number of carbonyl (C=O) groups excluding carboxylic acids is 1. The molecule has 1 atom stereocenters. The molecular weight excluding hydrogens is 360 g/mol. The second kappa shape index (κ2) is 9.39. The van der Waals surface area contributed by atoms with Gasteiger partial charge < -0.3 is 10.1 Å². The molecule has 1 fully saturated rings. The Morgan fingerprint density at radius 1 is 0.931 bits per heavy atom. The highest BCUT2D eigenvalue weighted by atomic mass is 16.5. The van der Waals surface area contributed by atoms with E-state index in [9.17, 15) is 4.79 Å². The van der Waals surface area contributed by atoms with Crippen LogP contribution in [0.25, 0.3) is 0 Å². The van der Waals surface area contributed by atoms with Crippen molar-refractivity contribution in [2.45, 2.75) is 25.6 Å². The van der Waals surface area contributed by atoms with E-state index in [-0.39, 0.29) is 11.9 Å². The summed E-state index contributed by atoms with van der Waals surface area (Å²) in [6, 6.07) is 28.1. The van der Waals surface area contributed by atoms with E-state index in [4.69, 9.17) is 4.74 Å². The number of nitrogens with zero attached hydrogens (tertiary/aromatic N) is 1. The maximum Gasteiger partial charge on any atom is 0.251 e. The third kappa shape index (κ3) is 5.46. The van der Waals surface area contributed by atoms with Gasteiger partial charge >= 0.3 is 0 Å². The monoisotopic (exact) mass is 386 g/mol. The maximum absolute atomic E-state index is 12.7. The summed E-state index contributed by atoms with van der Waals surface area (Å²) in [5.41, 5.74) is 3.05. The van der Waals surface area contributed by atoms with Crippen molar-refractivity contribution in [3.05, 3.63) is 102 Å². The number of rotatable bonds is 7. The lowest BCUT2D eigenvalue weighted by Gasteiger charge is -2.17. The standard InChI is InChI=1S/C25H26N2O2/c28-25(26-23-14-15-27(18-23)17-20-8-3-1-4-9-20)22-12-7-13-24(16-22)29-19-21-10-5-2-6-11-21/h1-13,16,23H,14-15,17-19H2,(H,26,28). The molecule has 1 amide bonds. The lowest BCUT2D eigenvalue weighted by Crippen LogP contribution is -2.37. The number of amides is 1. The van der Waals surface area contributed by atoms with Crippen LogP contribution in [0.5, 0.6) is 5.75 Å². The molecule has 0 radical (unpaired) electrons. The molecule has 1 heterocycles. The number of carbonyl (C=O) groups is 1. The largest absolute Gasteiger partial charge is 0.489 e. The van der Waals surface area contributed by atoms with Crippen molar-refractivity contribution in [2.24, 2.45) is 0 Å². The molecule has 0 spiro atoms. The van der Waals surface area contributed by atoms with E-state index >= 15 is 0 Å². The first kappa shape index (κ1) is 19.2. The number of hydrogen-bond donors (Lipinski definition) is 1. The van der Waals surface area contributed by atoms with Crippen molar-refractivity contribution < 1.29 is 9.53 Å². The second-order valence-electron chi connectivity index (χ2n) is 7.48. The van der Waals surface area contributed by atoms with Gasteiger partial charge in [-0.05, 0) is 35.7 Å². The minimum Gasteiger partial charge on any atom is -0.489 e. The third-order valence-electron chi connectivity index (χ3n) is 5.20. The molecule has 4 nitrogen and oxygen atoms in total. The van der Waals surface area contributed by atoms with Crippen molar-refractivity contribution in [3.8, 4) is 5.75 Å². The summed E-state index contributed by atoms with van der Waals surface area (Å²) < 4.78 is 5.85. The van der Waals surface area contributed by atoms with Gasteiger partial charge in [-0.25, -0.2) is 0 Å². The number of hydrogen-bond acceptors (Lipinski definition) is 3. The van der Waals surface area contributed by atoms with E-state index in [2.05, 4.69) is 34.5 Å². The van der Waals surface area contributed by atoms with Crippen LogP contribution >= 0.6 is 0 Å². The molecule has 1 N–H and O–H groups in total. The Morgan fingerprint density at radius 2 is 1.66 bits per heavy atom. The van der Waals surface area contributed by atoms with Gasteiger partial charge in [-0.2, -0.15) is 0 Å². The summed E-state index contributed by atoms with van der Waals surface area (Å²) in [5.74, 6) is 0.667. The van der Waals surface area contributed by atoms with Crippen molar-refractivity contribution in [2.75, 3.05) is 13.1 Å². The molecule has 3 aromatic carbocycles. The van der Waals surface area contributed by atoms with Gasteiger partial charge in [0.2, 0.25) is 0 Å². The Kier molecular flexibility index (Phi) is 6.22. The van der Waals surface area contributed by atoms with Gasteiger partial charge in [0, 0.05) is 31.2 Å². The molecule has 1 aliphatic rings. The van der Waals surface area contributed by atoms with E-state index in [0.29, 0.717) is 17.9 Å². The zero-order valence-electron chi connectivity index (χ0n) is 16.5. The fourth-order valence-corrected chi connectivity index (χ4v) is 3.67. The van der Waals surface area contributed by atoms with Crippen molar-refractivity contribution in [1.82, 2.24) is 10.2 Å². The number of benzene rings is 3. The van der Waals surface area contributed by atoms with Gasteiger partial charge in [-0.3, -0.25) is 9.69 Å². The van der Waals surface area contributed by atoms with Gasteiger partial charge in [-0.1, -0.05) is 66.7 Å². The van der Waals surface area contributed by atoms with Gasteiger partial charge in [0.15, 0.2) is 0 Å². The van der Waals surface area contributed by atoms with E-state index in [1.165, 1.54) is 5.56 Å². The fraction of sp³-hybridized carbons (Fsp3) is 0.240. The first-order valence-electron chi connectivity index (χ1n) is 10.1. The summed E-state index contributed by atoms with van der Waals surface area (Å²) in [4.78, 5) is 15.1. The molecule has 1 saturated heterocycles. The van der Waals surface area contributed by atoms with Crippen LogP contribution in [-0.2, 0) is 13.2 Å². The van der Waals surface area contributed by atoms with Crippen molar-refractivity contribution >= 4 is 5.91 Å². The highest BCUT2D eigenvalue weighted by Gasteiger charge is 2.24. The first-order valence-corrected chi connectivity index (χ1v) is 10.1. The number of likely N-dealkylation sites (tertiary alicyclic amines) is 1. The van der Waals surface area contributed by atoms with Crippen LogP contribution in [0.2, 0.25) is 0 Å². The van der Waals surface area contributed by atoms with E-state index < -0.39 is 0 Å². The zero-order valence-corrected chi connectivity index (χ0v) is 16.5. The summed E-state index contributed by atoms with van der Waals surface area (Å²) in [7, 11) is 0. The van der Waals surface area contributed by atoms with Crippen LogP contribution in [-0.4, -0.2) is 29.9 Å². The van der Waals surface area contributed by atoms with Crippen molar-refractivity contribution in [3.63, 3.8) is 0 Å². The Balaban J connectivity index is 1.29. The minimum absolute atomic E-state index is 0.0401. The van der Waals surface area contributed by atoms with Crippen LogP contribution in [0.3, 0.4) is 0 Å². The smallest absolute Gasteiger partial charge is 0.251 e. The SMILES string of the molecule is O=C(NC1CCN(Cc2ccccc2)C1)c1cccc(OCc2ccccc2)c1. The number of ether oxygens (including phenoxy) is 1. The molecule has 1 aliphatic heterocycles. The quantitative estimate of drug-likeness (QED) is 0.659. The van der Waals surface area contributed by atoms with Gasteiger partial charge in [0.25, 0.3) is 5.91 Å². The Labute approximate surface area is 172 Å². The molecule has 148 valence electrons. The molecule has 0 bridgehead atoms. The van der Waals surface area contributed by atoms with E-state index in [1.807, 2.05) is 60.7 Å². The summed E-state index contributed by atoms with van der Waals surface area (Å²) >= 11 is 0. The van der Waals surface area contributed by atoms with Gasteiger partial charge in [-0.15, -0.1) is 0 Å². The predicted molar refractivity (Wildman–Crippen MR) is 115 cm³/mol. The fourth-order valence-electron chi connectivity index (χ4n) is 3.67. The molecule has 29 heavy (non-hydrogen) atoms. The molecule has 4 rings (SSSR count). The predicted octanol–water partition coefficient (Wildman–Crippen LogP) is 4.27. The van der Waals surface area contributed by atoms with Crippen LogP contribution in [0.4, 0.5) is 0 Å². The van der Waals surface area contributed by atoms with Crippen LogP contribution < -0.4 is 10.1 Å².